The van der Waals surface area contributed by atoms with Crippen LogP contribution in [0.2, 0.25) is 0 Å². The molecule has 1 aliphatic carbocycles. The predicted molar refractivity (Wildman–Crippen MR) is 120 cm³/mol. The number of ether oxygens (including phenoxy) is 1. The Morgan fingerprint density at radius 1 is 1.26 bits per heavy atom. The lowest BCUT2D eigenvalue weighted by atomic mass is 9.67. The third-order valence-corrected chi connectivity index (χ3v) is 7.76. The van der Waals surface area contributed by atoms with E-state index in [2.05, 4.69) is 28.7 Å². The number of ketones is 1. The number of nitrogens with zero attached hydrogens (tertiary/aromatic N) is 2. The molecular weight excluding hydrogens is 390 g/mol. The van der Waals surface area contributed by atoms with E-state index in [1.807, 2.05) is 24.3 Å². The van der Waals surface area contributed by atoms with E-state index in [-0.39, 0.29) is 29.6 Å². The number of likely N-dealkylation sites (tertiary alicyclic amines) is 1. The molecule has 1 aromatic heterocycles. The highest BCUT2D eigenvalue weighted by atomic mass is 16.5. The highest BCUT2D eigenvalue weighted by Crippen LogP contribution is 2.43. The molecule has 5 rings (SSSR count). The SMILES string of the molecule is CCC1CC2C(=O)C(c3nc4ccccc4[nH]3)=COC2C(CN2CCC(C)CC2)C1O. The molecule has 1 saturated carbocycles. The first-order valence-electron chi connectivity index (χ1n) is 11.8. The molecule has 2 N–H and O–H groups in total. The van der Waals surface area contributed by atoms with Crippen molar-refractivity contribution in [3.05, 3.63) is 36.4 Å². The van der Waals surface area contributed by atoms with Crippen LogP contribution >= 0.6 is 0 Å². The summed E-state index contributed by atoms with van der Waals surface area (Å²) in [5.41, 5.74) is 2.28. The first kappa shape index (κ1) is 20.7. The predicted octanol–water partition coefficient (Wildman–Crippen LogP) is 3.63. The number of hydrogen-bond donors (Lipinski definition) is 2. The molecule has 3 aliphatic rings. The Bertz CT molecular complexity index is 942. The quantitative estimate of drug-likeness (QED) is 0.785. The highest BCUT2D eigenvalue weighted by molar-refractivity contribution is 6.21. The molecular formula is C25H33N3O3. The zero-order valence-corrected chi connectivity index (χ0v) is 18.5. The van der Waals surface area contributed by atoms with Gasteiger partial charge in [-0.25, -0.2) is 4.98 Å². The number of fused-ring (bicyclic) bond motifs is 2. The maximum Gasteiger partial charge on any atom is 0.176 e. The molecule has 2 aliphatic heterocycles. The van der Waals surface area contributed by atoms with Crippen molar-refractivity contribution < 1.29 is 14.6 Å². The number of H-pyrrole nitrogens is 1. The van der Waals surface area contributed by atoms with Gasteiger partial charge in [0.2, 0.25) is 0 Å². The van der Waals surface area contributed by atoms with E-state index in [1.165, 1.54) is 12.8 Å². The van der Waals surface area contributed by atoms with Crippen LogP contribution in [0.4, 0.5) is 0 Å². The number of aliphatic hydroxyl groups is 1. The second-order valence-electron chi connectivity index (χ2n) is 9.75. The number of rotatable bonds is 4. The average Bonchev–Trinajstić information content (AvgIpc) is 3.21. The summed E-state index contributed by atoms with van der Waals surface area (Å²) in [5, 5.41) is 11.2. The lowest BCUT2D eigenvalue weighted by molar-refractivity contribution is -0.141. The van der Waals surface area contributed by atoms with Crippen LogP contribution in [0.15, 0.2) is 30.5 Å². The Labute approximate surface area is 183 Å². The molecule has 6 heteroatoms. The summed E-state index contributed by atoms with van der Waals surface area (Å²) in [7, 11) is 0. The van der Waals surface area contributed by atoms with Gasteiger partial charge >= 0.3 is 0 Å². The zero-order chi connectivity index (χ0) is 21.5. The van der Waals surface area contributed by atoms with Crippen LogP contribution in [0.3, 0.4) is 0 Å². The number of carbonyl (C=O) groups excluding carboxylic acids is 1. The minimum atomic E-state index is -0.431. The number of Topliss-reactive ketones (excluding diaryl/α,β-unsaturated/α-hetero) is 1. The standard InChI is InChI=1S/C25H33N3O3/c1-3-16-12-17-23(30)19(25-26-20-6-4-5-7-21(20)27-25)14-31-24(17)18(22(16)29)13-28-10-8-15(2)9-11-28/h4-7,14-18,22,24,29H,3,8-13H2,1-2H3,(H,26,27). The van der Waals surface area contributed by atoms with E-state index in [9.17, 15) is 9.90 Å². The molecule has 3 heterocycles. The molecule has 0 spiro atoms. The topological polar surface area (TPSA) is 78.5 Å². The molecule has 2 aromatic rings. The van der Waals surface area contributed by atoms with Gasteiger partial charge in [0.25, 0.3) is 0 Å². The summed E-state index contributed by atoms with van der Waals surface area (Å²) in [6, 6.07) is 7.79. The van der Waals surface area contributed by atoms with Gasteiger partial charge in [-0.1, -0.05) is 32.4 Å². The smallest absolute Gasteiger partial charge is 0.176 e. The Morgan fingerprint density at radius 2 is 2.03 bits per heavy atom. The fourth-order valence-corrected chi connectivity index (χ4v) is 5.71. The fourth-order valence-electron chi connectivity index (χ4n) is 5.71. The van der Waals surface area contributed by atoms with Gasteiger partial charge in [0, 0.05) is 12.5 Å². The number of hydrogen-bond acceptors (Lipinski definition) is 5. The normalized spacial score (nSPS) is 32.5. The van der Waals surface area contributed by atoms with Crippen molar-refractivity contribution in [1.29, 1.82) is 0 Å². The van der Waals surface area contributed by atoms with E-state index >= 15 is 0 Å². The molecule has 0 radical (unpaired) electrons. The summed E-state index contributed by atoms with van der Waals surface area (Å²) in [5.74, 6) is 1.29. The Hall–Kier alpha value is -2.18. The van der Waals surface area contributed by atoms with Crippen molar-refractivity contribution in [3.63, 3.8) is 0 Å². The van der Waals surface area contributed by atoms with Crippen molar-refractivity contribution in [2.45, 2.75) is 51.7 Å². The highest BCUT2D eigenvalue weighted by Gasteiger charge is 2.50. The molecule has 0 bridgehead atoms. The Morgan fingerprint density at radius 3 is 2.77 bits per heavy atom. The second kappa shape index (κ2) is 8.40. The number of imidazole rings is 1. The molecule has 0 amide bonds. The van der Waals surface area contributed by atoms with Crippen molar-refractivity contribution >= 4 is 22.4 Å². The first-order valence-corrected chi connectivity index (χ1v) is 11.8. The molecule has 6 nitrogen and oxygen atoms in total. The minimum Gasteiger partial charge on any atom is -0.496 e. The Balaban J connectivity index is 1.41. The third kappa shape index (κ3) is 3.80. The Kier molecular flexibility index (Phi) is 5.61. The third-order valence-electron chi connectivity index (χ3n) is 7.76. The summed E-state index contributed by atoms with van der Waals surface area (Å²) in [6.45, 7) is 7.34. The van der Waals surface area contributed by atoms with Crippen LogP contribution in [-0.4, -0.2) is 57.6 Å². The van der Waals surface area contributed by atoms with Gasteiger partial charge in [-0.3, -0.25) is 4.79 Å². The van der Waals surface area contributed by atoms with Crippen LogP contribution < -0.4 is 0 Å². The molecule has 5 atom stereocenters. The van der Waals surface area contributed by atoms with Crippen molar-refractivity contribution in [2.75, 3.05) is 19.6 Å². The average molecular weight is 424 g/mol. The van der Waals surface area contributed by atoms with Crippen LogP contribution in [0.25, 0.3) is 16.6 Å². The molecule has 5 unspecified atom stereocenters. The van der Waals surface area contributed by atoms with Crippen molar-refractivity contribution in [1.82, 2.24) is 14.9 Å². The van der Waals surface area contributed by atoms with Gasteiger partial charge in [-0.2, -0.15) is 0 Å². The largest absolute Gasteiger partial charge is 0.496 e. The van der Waals surface area contributed by atoms with E-state index in [0.717, 1.165) is 43.0 Å². The number of benzene rings is 1. The van der Waals surface area contributed by atoms with Crippen LogP contribution in [-0.2, 0) is 9.53 Å². The maximum atomic E-state index is 13.6. The monoisotopic (exact) mass is 423 g/mol. The molecule has 1 saturated heterocycles. The van der Waals surface area contributed by atoms with Gasteiger partial charge in [0.15, 0.2) is 5.78 Å². The van der Waals surface area contributed by atoms with E-state index in [0.29, 0.717) is 17.8 Å². The number of para-hydroxylation sites is 2. The van der Waals surface area contributed by atoms with Crippen LogP contribution in [0.1, 0.15) is 45.4 Å². The van der Waals surface area contributed by atoms with E-state index < -0.39 is 6.10 Å². The van der Waals surface area contributed by atoms with Crippen LogP contribution in [0, 0.1) is 23.7 Å². The van der Waals surface area contributed by atoms with Crippen LogP contribution in [0.5, 0.6) is 0 Å². The summed E-state index contributed by atoms with van der Waals surface area (Å²) < 4.78 is 6.22. The van der Waals surface area contributed by atoms with E-state index in [4.69, 9.17) is 4.74 Å². The van der Waals surface area contributed by atoms with Crippen molar-refractivity contribution in [3.8, 4) is 0 Å². The lowest BCUT2D eigenvalue weighted by Crippen LogP contribution is -2.55. The number of allylic oxidation sites excluding steroid dienone is 1. The van der Waals surface area contributed by atoms with Crippen molar-refractivity contribution in [2.24, 2.45) is 23.7 Å². The number of carbonyl (C=O) groups is 1. The minimum absolute atomic E-state index is 0.0467. The first-order chi connectivity index (χ1) is 15.0. The maximum absolute atomic E-state index is 13.6. The number of aliphatic hydroxyl groups excluding tert-OH is 1. The summed E-state index contributed by atoms with van der Waals surface area (Å²) in [6.07, 6.45) is 4.83. The second-order valence-corrected chi connectivity index (χ2v) is 9.75. The van der Waals surface area contributed by atoms with Gasteiger partial charge < -0.3 is 19.7 Å². The fraction of sp³-hybridized carbons (Fsp3) is 0.600. The lowest BCUT2D eigenvalue weighted by Gasteiger charge is -2.47. The summed E-state index contributed by atoms with van der Waals surface area (Å²) in [4.78, 5) is 23.9. The molecule has 1 aromatic carbocycles. The molecule has 2 fully saturated rings. The van der Waals surface area contributed by atoms with Gasteiger partial charge in [-0.05, 0) is 56.3 Å². The molecule has 166 valence electrons. The number of piperidine rings is 1. The van der Waals surface area contributed by atoms with Gasteiger partial charge in [0.05, 0.1) is 34.9 Å². The number of nitrogens with one attached hydrogen (secondary N) is 1. The molecule has 31 heavy (non-hydrogen) atoms. The number of aromatic nitrogens is 2. The number of aromatic amines is 1. The summed E-state index contributed by atoms with van der Waals surface area (Å²) >= 11 is 0. The van der Waals surface area contributed by atoms with Gasteiger partial charge in [-0.15, -0.1) is 0 Å². The zero-order valence-electron chi connectivity index (χ0n) is 18.5. The van der Waals surface area contributed by atoms with E-state index in [1.54, 1.807) is 6.26 Å². The van der Waals surface area contributed by atoms with Gasteiger partial charge in [0.1, 0.15) is 11.9 Å².